The zero-order valence-electron chi connectivity index (χ0n) is 11.5. The summed E-state index contributed by atoms with van der Waals surface area (Å²) < 4.78 is 0. The van der Waals surface area contributed by atoms with Crippen molar-refractivity contribution in [2.24, 2.45) is 5.92 Å². The summed E-state index contributed by atoms with van der Waals surface area (Å²) in [5.41, 5.74) is 2.42. The molecule has 0 aliphatic heterocycles. The molecule has 1 aromatic carbocycles. The number of halogens is 1. The van der Waals surface area contributed by atoms with Crippen LogP contribution in [0.15, 0.2) is 18.2 Å². The highest BCUT2D eigenvalue weighted by Gasteiger charge is 2.26. The second-order valence-electron chi connectivity index (χ2n) is 5.64. The van der Waals surface area contributed by atoms with Gasteiger partial charge in [0.15, 0.2) is 0 Å². The molecule has 1 aliphatic carbocycles. The fraction of sp³-hybridized carbons (Fsp3) is 0.600. The standard InChI is InChI=1S/C15H23ClN2/c1-11(2)9-17-10-12-4-5-14(8-15(12)16)18(3)13-6-7-13/h4-5,8,11,13,17H,6-7,9-10H2,1-3H3. The normalized spacial score (nSPS) is 15.2. The van der Waals surface area contributed by atoms with E-state index in [0.717, 1.165) is 24.2 Å². The first-order chi connectivity index (χ1) is 8.58. The summed E-state index contributed by atoms with van der Waals surface area (Å²) in [6.07, 6.45) is 2.62. The topological polar surface area (TPSA) is 15.3 Å². The predicted molar refractivity (Wildman–Crippen MR) is 79.4 cm³/mol. The van der Waals surface area contributed by atoms with E-state index in [4.69, 9.17) is 11.6 Å². The quantitative estimate of drug-likeness (QED) is 0.845. The van der Waals surface area contributed by atoms with Gasteiger partial charge >= 0.3 is 0 Å². The maximum atomic E-state index is 6.35. The lowest BCUT2D eigenvalue weighted by atomic mass is 10.1. The molecular formula is C15H23ClN2. The fourth-order valence-electron chi connectivity index (χ4n) is 2.07. The third-order valence-corrected chi connectivity index (χ3v) is 3.76. The molecule has 1 aromatic rings. The van der Waals surface area contributed by atoms with E-state index in [0.29, 0.717) is 5.92 Å². The second kappa shape index (κ2) is 5.94. The molecule has 2 nitrogen and oxygen atoms in total. The first kappa shape index (κ1) is 13.7. The molecule has 0 unspecified atom stereocenters. The summed E-state index contributed by atoms with van der Waals surface area (Å²) in [6.45, 7) is 6.30. The molecule has 0 amide bonds. The summed E-state index contributed by atoms with van der Waals surface area (Å²) in [4.78, 5) is 2.33. The van der Waals surface area contributed by atoms with Gasteiger partial charge in [0.05, 0.1) is 0 Å². The van der Waals surface area contributed by atoms with Crippen LogP contribution in [0.1, 0.15) is 32.3 Å². The molecule has 1 saturated carbocycles. The minimum absolute atomic E-state index is 0.670. The minimum Gasteiger partial charge on any atom is -0.372 e. The molecular weight excluding hydrogens is 244 g/mol. The van der Waals surface area contributed by atoms with Gasteiger partial charge in [-0.15, -0.1) is 0 Å². The summed E-state index contributed by atoms with van der Waals surface area (Å²) >= 11 is 6.35. The Kier molecular flexibility index (Phi) is 4.52. The molecule has 3 heteroatoms. The Labute approximate surface area is 115 Å². The largest absolute Gasteiger partial charge is 0.372 e. The van der Waals surface area contributed by atoms with Gasteiger partial charge in [-0.3, -0.25) is 0 Å². The van der Waals surface area contributed by atoms with Gasteiger partial charge in [-0.2, -0.15) is 0 Å². The number of nitrogens with zero attached hydrogens (tertiary/aromatic N) is 1. The van der Waals surface area contributed by atoms with Crippen LogP contribution in [0.4, 0.5) is 5.69 Å². The average molecular weight is 267 g/mol. The lowest BCUT2D eigenvalue weighted by Crippen LogP contribution is -2.20. The maximum absolute atomic E-state index is 6.35. The van der Waals surface area contributed by atoms with Gasteiger partial charge in [0.25, 0.3) is 0 Å². The highest BCUT2D eigenvalue weighted by Crippen LogP contribution is 2.32. The second-order valence-corrected chi connectivity index (χ2v) is 6.05. The van der Waals surface area contributed by atoms with Crippen molar-refractivity contribution in [1.82, 2.24) is 5.32 Å². The Hall–Kier alpha value is -0.730. The molecule has 0 radical (unpaired) electrons. The monoisotopic (exact) mass is 266 g/mol. The molecule has 1 N–H and O–H groups in total. The van der Waals surface area contributed by atoms with Crippen molar-refractivity contribution < 1.29 is 0 Å². The SMILES string of the molecule is CC(C)CNCc1ccc(N(C)C2CC2)cc1Cl. The van der Waals surface area contributed by atoms with Crippen molar-refractivity contribution >= 4 is 17.3 Å². The predicted octanol–water partition coefficient (Wildman–Crippen LogP) is 3.68. The molecule has 18 heavy (non-hydrogen) atoms. The summed E-state index contributed by atoms with van der Waals surface area (Å²) in [5.74, 6) is 0.670. The van der Waals surface area contributed by atoms with Gasteiger partial charge in [0.2, 0.25) is 0 Å². The molecule has 2 rings (SSSR count). The van der Waals surface area contributed by atoms with Crippen molar-refractivity contribution in [1.29, 1.82) is 0 Å². The van der Waals surface area contributed by atoms with Gasteiger partial charge in [0, 0.05) is 30.3 Å². The van der Waals surface area contributed by atoms with E-state index in [1.807, 2.05) is 0 Å². The zero-order valence-corrected chi connectivity index (χ0v) is 12.3. The van der Waals surface area contributed by atoms with E-state index >= 15 is 0 Å². The highest BCUT2D eigenvalue weighted by molar-refractivity contribution is 6.31. The summed E-state index contributed by atoms with van der Waals surface area (Å²) in [6, 6.07) is 7.14. The van der Waals surface area contributed by atoms with E-state index in [9.17, 15) is 0 Å². The lowest BCUT2D eigenvalue weighted by Gasteiger charge is -2.19. The van der Waals surface area contributed by atoms with Gasteiger partial charge in [-0.1, -0.05) is 31.5 Å². The van der Waals surface area contributed by atoms with Crippen molar-refractivity contribution in [2.75, 3.05) is 18.5 Å². The van der Waals surface area contributed by atoms with Crippen molar-refractivity contribution in [3.05, 3.63) is 28.8 Å². The van der Waals surface area contributed by atoms with Crippen LogP contribution in [-0.2, 0) is 6.54 Å². The van der Waals surface area contributed by atoms with E-state index < -0.39 is 0 Å². The van der Waals surface area contributed by atoms with E-state index in [1.54, 1.807) is 0 Å². The van der Waals surface area contributed by atoms with Crippen molar-refractivity contribution in [3.8, 4) is 0 Å². The van der Waals surface area contributed by atoms with Crippen LogP contribution < -0.4 is 10.2 Å². The van der Waals surface area contributed by atoms with E-state index in [-0.39, 0.29) is 0 Å². The van der Waals surface area contributed by atoms with Crippen LogP contribution >= 0.6 is 11.6 Å². The highest BCUT2D eigenvalue weighted by atomic mass is 35.5. The number of anilines is 1. The third kappa shape index (κ3) is 3.63. The molecule has 0 bridgehead atoms. The smallest absolute Gasteiger partial charge is 0.0471 e. The van der Waals surface area contributed by atoms with Crippen molar-refractivity contribution in [3.63, 3.8) is 0 Å². The molecule has 1 aliphatic rings. The number of rotatable bonds is 6. The Balaban J connectivity index is 1.96. The number of hydrogen-bond donors (Lipinski definition) is 1. The molecule has 0 atom stereocenters. The van der Waals surface area contributed by atoms with Crippen LogP contribution in [0.5, 0.6) is 0 Å². The summed E-state index contributed by atoms with van der Waals surface area (Å²) in [5, 5.41) is 4.30. The molecule has 0 saturated heterocycles. The Bertz CT molecular complexity index is 399. The molecule has 0 aromatic heterocycles. The van der Waals surface area contributed by atoms with Crippen LogP contribution in [-0.4, -0.2) is 19.6 Å². The van der Waals surface area contributed by atoms with Gasteiger partial charge < -0.3 is 10.2 Å². The molecule has 0 heterocycles. The summed E-state index contributed by atoms with van der Waals surface area (Å²) in [7, 11) is 2.15. The van der Waals surface area contributed by atoms with Crippen molar-refractivity contribution in [2.45, 2.75) is 39.3 Å². The number of hydrogen-bond acceptors (Lipinski definition) is 2. The number of benzene rings is 1. The third-order valence-electron chi connectivity index (χ3n) is 3.41. The van der Waals surface area contributed by atoms with E-state index in [2.05, 4.69) is 49.3 Å². The Morgan fingerprint density at radius 1 is 1.39 bits per heavy atom. The van der Waals surface area contributed by atoms with Gasteiger partial charge in [-0.05, 0) is 43.0 Å². The van der Waals surface area contributed by atoms with Crippen LogP contribution in [0.3, 0.4) is 0 Å². The first-order valence-electron chi connectivity index (χ1n) is 6.80. The molecule has 1 fully saturated rings. The molecule has 0 spiro atoms. The maximum Gasteiger partial charge on any atom is 0.0471 e. The Morgan fingerprint density at radius 2 is 2.11 bits per heavy atom. The Morgan fingerprint density at radius 3 is 2.67 bits per heavy atom. The lowest BCUT2D eigenvalue weighted by molar-refractivity contribution is 0.552. The van der Waals surface area contributed by atoms with Crippen LogP contribution in [0.2, 0.25) is 5.02 Å². The first-order valence-corrected chi connectivity index (χ1v) is 7.17. The van der Waals surface area contributed by atoms with Gasteiger partial charge in [-0.25, -0.2) is 0 Å². The average Bonchev–Trinajstić information content (AvgIpc) is 3.14. The van der Waals surface area contributed by atoms with Gasteiger partial charge in [0.1, 0.15) is 0 Å². The minimum atomic E-state index is 0.670. The molecule has 100 valence electrons. The zero-order chi connectivity index (χ0) is 13.1. The van der Waals surface area contributed by atoms with Crippen LogP contribution in [0.25, 0.3) is 0 Å². The number of nitrogens with one attached hydrogen (secondary N) is 1. The fourth-order valence-corrected chi connectivity index (χ4v) is 2.31. The van der Waals surface area contributed by atoms with Crippen LogP contribution in [0, 0.1) is 5.92 Å². The van der Waals surface area contributed by atoms with E-state index in [1.165, 1.54) is 24.1 Å².